The van der Waals surface area contributed by atoms with E-state index >= 15 is 0 Å². The van der Waals surface area contributed by atoms with E-state index in [1.54, 1.807) is 24.3 Å². The Kier molecular flexibility index (Phi) is 5.12. The number of nitrogens with zero attached hydrogens (tertiary/aromatic N) is 2. The summed E-state index contributed by atoms with van der Waals surface area (Å²) in [6.07, 6.45) is 1.30. The average molecular weight is 425 g/mol. The first-order valence-electron chi connectivity index (χ1n) is 9.06. The Balaban J connectivity index is 1.94. The molecule has 10 nitrogen and oxygen atoms in total. The molecule has 0 atom stereocenters. The molecule has 2 aromatic carbocycles. The van der Waals surface area contributed by atoms with Gasteiger partial charge >= 0.3 is 5.97 Å². The van der Waals surface area contributed by atoms with Crippen molar-refractivity contribution < 1.29 is 33.3 Å². The first-order valence-corrected chi connectivity index (χ1v) is 9.06. The molecule has 0 spiro atoms. The van der Waals surface area contributed by atoms with Gasteiger partial charge in [-0.25, -0.2) is 14.8 Å². The Morgan fingerprint density at radius 2 is 1.68 bits per heavy atom. The molecule has 0 fully saturated rings. The topological polar surface area (TPSA) is 129 Å². The van der Waals surface area contributed by atoms with E-state index in [4.69, 9.17) is 23.4 Å². The number of aromatic nitrogens is 3. The van der Waals surface area contributed by atoms with Crippen LogP contribution in [0, 0.1) is 0 Å². The van der Waals surface area contributed by atoms with Crippen LogP contribution in [0.4, 0.5) is 0 Å². The van der Waals surface area contributed by atoms with Crippen molar-refractivity contribution in [1.82, 2.24) is 15.0 Å². The molecule has 2 heterocycles. The molecule has 31 heavy (non-hydrogen) atoms. The molecule has 0 radical (unpaired) electrons. The van der Waals surface area contributed by atoms with Crippen LogP contribution in [0.3, 0.4) is 0 Å². The molecular weight excluding hydrogens is 406 g/mol. The number of oxazole rings is 1. The Labute approximate surface area is 176 Å². The van der Waals surface area contributed by atoms with Crippen LogP contribution in [0.1, 0.15) is 10.6 Å². The summed E-state index contributed by atoms with van der Waals surface area (Å²) < 4.78 is 27.3. The van der Waals surface area contributed by atoms with E-state index in [-0.39, 0.29) is 5.82 Å². The van der Waals surface area contributed by atoms with E-state index < -0.39 is 5.97 Å². The number of aromatic carboxylic acids is 1. The van der Waals surface area contributed by atoms with Gasteiger partial charge in [0, 0.05) is 11.1 Å². The highest BCUT2D eigenvalue weighted by Gasteiger charge is 2.23. The third kappa shape index (κ3) is 3.27. The highest BCUT2D eigenvalue weighted by molar-refractivity contribution is 6.00. The fourth-order valence-electron chi connectivity index (χ4n) is 3.38. The Morgan fingerprint density at radius 3 is 2.26 bits per heavy atom. The van der Waals surface area contributed by atoms with Gasteiger partial charge in [0.15, 0.2) is 23.7 Å². The molecule has 0 saturated carbocycles. The number of ether oxygens (including phenoxy) is 4. The van der Waals surface area contributed by atoms with Gasteiger partial charge in [-0.1, -0.05) is 0 Å². The van der Waals surface area contributed by atoms with Crippen molar-refractivity contribution in [1.29, 1.82) is 0 Å². The van der Waals surface area contributed by atoms with Gasteiger partial charge in [-0.2, -0.15) is 0 Å². The molecule has 0 unspecified atom stereocenters. The predicted molar refractivity (Wildman–Crippen MR) is 110 cm³/mol. The van der Waals surface area contributed by atoms with E-state index in [1.807, 2.05) is 0 Å². The van der Waals surface area contributed by atoms with Crippen LogP contribution in [0.25, 0.3) is 33.6 Å². The van der Waals surface area contributed by atoms with Crippen molar-refractivity contribution in [2.75, 3.05) is 28.4 Å². The van der Waals surface area contributed by atoms with Gasteiger partial charge in [0.1, 0.15) is 22.5 Å². The standard InChI is InChI=1S/C21H19N3O7/c1-27-12-6-5-11(16-17(12)24-20(23-16)21(25)26)18-15(22-9-31-18)10-7-13(28-2)19(30-4)14(8-10)29-3/h5-9H,1-4H3,(H,23,24)(H,25,26). The Hall–Kier alpha value is -4.21. The molecule has 0 bridgehead atoms. The van der Waals surface area contributed by atoms with Crippen molar-refractivity contribution in [2.24, 2.45) is 0 Å². The monoisotopic (exact) mass is 425 g/mol. The number of rotatable bonds is 7. The first kappa shape index (κ1) is 20.1. The van der Waals surface area contributed by atoms with E-state index in [0.717, 1.165) is 0 Å². The van der Waals surface area contributed by atoms with Crippen LogP contribution in [-0.2, 0) is 0 Å². The number of hydrogen-bond acceptors (Lipinski definition) is 8. The lowest BCUT2D eigenvalue weighted by Crippen LogP contribution is -1.98. The quantitative estimate of drug-likeness (QED) is 0.456. The summed E-state index contributed by atoms with van der Waals surface area (Å²) in [4.78, 5) is 22.8. The second-order valence-electron chi connectivity index (χ2n) is 6.37. The highest BCUT2D eigenvalue weighted by atomic mass is 16.5. The Bertz CT molecular complexity index is 1250. The normalized spacial score (nSPS) is 10.8. The summed E-state index contributed by atoms with van der Waals surface area (Å²) in [7, 11) is 6.06. The van der Waals surface area contributed by atoms with Gasteiger partial charge in [0.2, 0.25) is 11.6 Å². The van der Waals surface area contributed by atoms with Crippen molar-refractivity contribution in [3.63, 3.8) is 0 Å². The smallest absolute Gasteiger partial charge is 0.371 e. The van der Waals surface area contributed by atoms with E-state index in [9.17, 15) is 9.90 Å². The largest absolute Gasteiger partial charge is 0.494 e. The van der Waals surface area contributed by atoms with Gasteiger partial charge in [0.25, 0.3) is 0 Å². The van der Waals surface area contributed by atoms with Crippen molar-refractivity contribution in [3.05, 3.63) is 36.5 Å². The second-order valence-corrected chi connectivity index (χ2v) is 6.37. The van der Waals surface area contributed by atoms with E-state index in [1.165, 1.54) is 34.8 Å². The zero-order valence-corrected chi connectivity index (χ0v) is 17.2. The molecule has 2 aromatic heterocycles. The second kappa shape index (κ2) is 7.90. The molecule has 4 aromatic rings. The highest BCUT2D eigenvalue weighted by Crippen LogP contribution is 2.44. The minimum atomic E-state index is -1.19. The maximum absolute atomic E-state index is 11.4. The van der Waals surface area contributed by atoms with Crippen molar-refractivity contribution in [3.8, 4) is 45.6 Å². The minimum absolute atomic E-state index is 0.213. The van der Waals surface area contributed by atoms with Crippen LogP contribution in [-0.4, -0.2) is 54.5 Å². The van der Waals surface area contributed by atoms with E-state index in [2.05, 4.69) is 15.0 Å². The number of carbonyl (C=O) groups is 1. The number of methoxy groups -OCH3 is 4. The molecule has 10 heteroatoms. The number of fused-ring (bicyclic) bond motifs is 1. The van der Waals surface area contributed by atoms with Crippen LogP contribution in [0.2, 0.25) is 0 Å². The number of carboxylic acids is 1. The minimum Gasteiger partial charge on any atom is -0.494 e. The van der Waals surface area contributed by atoms with Gasteiger partial charge in [0.05, 0.1) is 28.4 Å². The summed E-state index contributed by atoms with van der Waals surface area (Å²) >= 11 is 0. The van der Waals surface area contributed by atoms with Gasteiger partial charge in [-0.15, -0.1) is 0 Å². The third-order valence-electron chi connectivity index (χ3n) is 4.78. The number of carboxylic acid groups (broad SMARTS) is 1. The molecule has 0 aliphatic carbocycles. The summed E-state index contributed by atoms with van der Waals surface area (Å²) in [5.41, 5.74) is 2.49. The van der Waals surface area contributed by atoms with Crippen LogP contribution in [0.5, 0.6) is 23.0 Å². The SMILES string of the molecule is COc1cc(-c2ncoc2-c2ccc(OC)c3[nH]c(C(=O)O)nc23)cc(OC)c1OC. The van der Waals surface area contributed by atoms with Crippen LogP contribution in [0.15, 0.2) is 35.1 Å². The van der Waals surface area contributed by atoms with Gasteiger partial charge in [-0.05, 0) is 24.3 Å². The number of nitrogens with one attached hydrogen (secondary N) is 1. The number of H-pyrrole nitrogens is 1. The average Bonchev–Trinajstić information content (AvgIpc) is 3.45. The molecular formula is C21H19N3O7. The lowest BCUT2D eigenvalue weighted by molar-refractivity contribution is 0.0685. The summed E-state index contributed by atoms with van der Waals surface area (Å²) in [6.45, 7) is 0. The summed E-state index contributed by atoms with van der Waals surface area (Å²) in [5, 5.41) is 9.36. The molecule has 2 N–H and O–H groups in total. The number of imidazole rings is 1. The van der Waals surface area contributed by atoms with E-state index in [0.29, 0.717) is 56.6 Å². The Morgan fingerprint density at radius 1 is 1.00 bits per heavy atom. The van der Waals surface area contributed by atoms with Crippen molar-refractivity contribution in [2.45, 2.75) is 0 Å². The van der Waals surface area contributed by atoms with Crippen LogP contribution >= 0.6 is 0 Å². The molecule has 0 aliphatic heterocycles. The summed E-state index contributed by atoms with van der Waals surface area (Å²) in [5.74, 6) is 0.806. The summed E-state index contributed by atoms with van der Waals surface area (Å²) in [6, 6.07) is 6.92. The zero-order valence-electron chi connectivity index (χ0n) is 17.2. The van der Waals surface area contributed by atoms with Crippen LogP contribution < -0.4 is 18.9 Å². The molecule has 0 aliphatic rings. The number of benzene rings is 2. The molecule has 160 valence electrons. The lowest BCUT2D eigenvalue weighted by Gasteiger charge is -2.14. The van der Waals surface area contributed by atoms with Gasteiger partial charge < -0.3 is 33.5 Å². The third-order valence-corrected chi connectivity index (χ3v) is 4.78. The van der Waals surface area contributed by atoms with Crippen molar-refractivity contribution >= 4 is 17.0 Å². The predicted octanol–water partition coefficient (Wildman–Crippen LogP) is 3.62. The number of hydrogen-bond donors (Lipinski definition) is 2. The zero-order chi connectivity index (χ0) is 22.1. The lowest BCUT2D eigenvalue weighted by atomic mass is 10.0. The fourth-order valence-corrected chi connectivity index (χ4v) is 3.38. The maximum atomic E-state index is 11.4. The van der Waals surface area contributed by atoms with Gasteiger partial charge in [-0.3, -0.25) is 0 Å². The number of aromatic amines is 1. The molecule has 0 amide bonds. The fraction of sp³-hybridized carbons (Fsp3) is 0.190. The molecule has 4 rings (SSSR count). The first-order chi connectivity index (χ1) is 15.0. The molecule has 0 saturated heterocycles. The maximum Gasteiger partial charge on any atom is 0.371 e.